The van der Waals surface area contributed by atoms with Gasteiger partial charge in [0.05, 0.1) is 6.20 Å². The van der Waals surface area contributed by atoms with E-state index in [1.807, 2.05) is 6.07 Å². The van der Waals surface area contributed by atoms with Crippen LogP contribution in [-0.4, -0.2) is 36.1 Å². The Kier molecular flexibility index (Phi) is 6.48. The number of nitrogens with zero attached hydrogens (tertiary/aromatic N) is 2. The van der Waals surface area contributed by atoms with Crippen molar-refractivity contribution in [2.24, 2.45) is 0 Å². The Hall–Kier alpha value is -2.31. The average molecular weight is 334 g/mol. The molecule has 1 aliphatic rings. The second-order valence-corrected chi connectivity index (χ2v) is 6.64. The molecular formula is C22H26N2O. The van der Waals surface area contributed by atoms with E-state index in [0.29, 0.717) is 6.04 Å². The van der Waals surface area contributed by atoms with Gasteiger partial charge in [0.25, 0.3) is 0 Å². The Balaban J connectivity index is 1.45. The molecule has 1 aromatic heterocycles. The van der Waals surface area contributed by atoms with E-state index in [9.17, 15) is 0 Å². The Morgan fingerprint density at radius 3 is 2.92 bits per heavy atom. The Morgan fingerprint density at radius 1 is 1.24 bits per heavy atom. The molecule has 1 atom stereocenters. The zero-order valence-corrected chi connectivity index (χ0v) is 14.9. The third-order valence-electron chi connectivity index (χ3n) is 4.67. The number of ether oxygens (including phenoxy) is 1. The van der Waals surface area contributed by atoms with E-state index in [1.165, 1.54) is 24.9 Å². The highest BCUT2D eigenvalue weighted by molar-refractivity contribution is 5.36. The number of aromatic nitrogens is 1. The summed E-state index contributed by atoms with van der Waals surface area (Å²) in [6, 6.07) is 13.1. The minimum atomic E-state index is 0.521. The maximum atomic E-state index is 5.91. The van der Waals surface area contributed by atoms with E-state index in [-0.39, 0.29) is 0 Å². The zero-order valence-electron chi connectivity index (χ0n) is 14.9. The molecule has 130 valence electrons. The first-order valence-corrected chi connectivity index (χ1v) is 9.12. The Morgan fingerprint density at radius 2 is 2.12 bits per heavy atom. The maximum absolute atomic E-state index is 5.91. The summed E-state index contributed by atoms with van der Waals surface area (Å²) < 4.78 is 5.91. The molecule has 0 saturated carbocycles. The summed E-state index contributed by atoms with van der Waals surface area (Å²) in [4.78, 5) is 6.62. The normalized spacial score (nSPS) is 17.1. The summed E-state index contributed by atoms with van der Waals surface area (Å²) in [6.07, 6.45) is 9.10. The van der Waals surface area contributed by atoms with Gasteiger partial charge in [-0.25, -0.2) is 0 Å². The van der Waals surface area contributed by atoms with Gasteiger partial charge in [0.15, 0.2) is 0 Å². The number of pyridine rings is 1. The van der Waals surface area contributed by atoms with Gasteiger partial charge < -0.3 is 9.64 Å². The van der Waals surface area contributed by atoms with Crippen molar-refractivity contribution in [1.29, 1.82) is 0 Å². The summed E-state index contributed by atoms with van der Waals surface area (Å²) in [7, 11) is 2.16. The molecule has 3 heteroatoms. The van der Waals surface area contributed by atoms with Crippen LogP contribution in [0, 0.1) is 11.8 Å². The van der Waals surface area contributed by atoms with Crippen molar-refractivity contribution in [2.45, 2.75) is 38.1 Å². The van der Waals surface area contributed by atoms with Crippen LogP contribution >= 0.6 is 0 Å². The lowest BCUT2D eigenvalue weighted by Crippen LogP contribution is -2.30. The van der Waals surface area contributed by atoms with Gasteiger partial charge >= 0.3 is 0 Å². The van der Waals surface area contributed by atoms with Crippen LogP contribution in [0.1, 0.15) is 36.8 Å². The van der Waals surface area contributed by atoms with Gasteiger partial charge in [0.2, 0.25) is 0 Å². The monoisotopic (exact) mass is 334 g/mol. The molecule has 1 aromatic carbocycles. The van der Waals surface area contributed by atoms with Crippen LogP contribution in [0.2, 0.25) is 0 Å². The summed E-state index contributed by atoms with van der Waals surface area (Å²) in [5, 5.41) is 0. The fourth-order valence-corrected chi connectivity index (χ4v) is 3.14. The second-order valence-electron chi connectivity index (χ2n) is 6.64. The molecule has 2 aromatic rings. The summed E-state index contributed by atoms with van der Waals surface area (Å²) in [5.74, 6) is 7.27. The molecule has 0 amide bonds. The fraction of sp³-hybridized carbons (Fsp3) is 0.409. The first-order valence-electron chi connectivity index (χ1n) is 9.12. The van der Waals surface area contributed by atoms with Crippen LogP contribution in [0.5, 0.6) is 5.75 Å². The molecule has 25 heavy (non-hydrogen) atoms. The molecule has 0 bridgehead atoms. The van der Waals surface area contributed by atoms with E-state index in [4.69, 9.17) is 4.74 Å². The minimum absolute atomic E-state index is 0.521. The molecule has 3 nitrogen and oxygen atoms in total. The lowest BCUT2D eigenvalue weighted by Gasteiger charge is -2.19. The van der Waals surface area contributed by atoms with Gasteiger partial charge in [0, 0.05) is 24.2 Å². The van der Waals surface area contributed by atoms with Crippen LogP contribution in [0.15, 0.2) is 48.8 Å². The van der Waals surface area contributed by atoms with Gasteiger partial charge in [0.1, 0.15) is 12.4 Å². The van der Waals surface area contributed by atoms with Crippen molar-refractivity contribution >= 4 is 0 Å². The highest BCUT2D eigenvalue weighted by atomic mass is 16.5. The molecule has 1 saturated heterocycles. The first kappa shape index (κ1) is 17.5. The predicted octanol–water partition coefficient (Wildman–Crippen LogP) is 3.93. The second kappa shape index (κ2) is 9.25. The lowest BCUT2D eigenvalue weighted by molar-refractivity contribution is 0.198. The third kappa shape index (κ3) is 5.62. The number of likely N-dealkylation sites (tertiary alicyclic amines) is 1. The van der Waals surface area contributed by atoms with Gasteiger partial charge in [-0.05, 0) is 50.9 Å². The largest absolute Gasteiger partial charge is 0.490 e. The van der Waals surface area contributed by atoms with Gasteiger partial charge in [-0.2, -0.15) is 0 Å². The quantitative estimate of drug-likeness (QED) is 0.591. The molecule has 0 radical (unpaired) electrons. The molecular weight excluding hydrogens is 308 g/mol. The number of aryl methyl sites for hydroxylation is 1. The van der Waals surface area contributed by atoms with Crippen molar-refractivity contribution in [2.75, 3.05) is 20.2 Å². The number of unbranched alkanes of at least 4 members (excludes halogenated alkanes) is 1. The standard InChI is InChI=1S/C22H26N2O/c1-24-14-8-13-21(24)18-25-22-15-20(16-23-17-22)12-7-3-6-11-19-9-4-2-5-10-19/h2,4-5,9-10,15-17,21H,3,6,8,11,13-14,18H2,1H3/t21-/m0/s1. The van der Waals surface area contributed by atoms with Gasteiger partial charge in [-0.1, -0.05) is 42.2 Å². The molecule has 0 spiro atoms. The first-order chi connectivity index (χ1) is 12.3. The molecule has 0 unspecified atom stereocenters. The number of hydrogen-bond donors (Lipinski definition) is 0. The average Bonchev–Trinajstić information content (AvgIpc) is 3.06. The summed E-state index contributed by atoms with van der Waals surface area (Å²) >= 11 is 0. The Bertz CT molecular complexity index is 718. The van der Waals surface area contributed by atoms with Crippen LogP contribution in [0.3, 0.4) is 0 Å². The molecule has 1 fully saturated rings. The fourth-order valence-electron chi connectivity index (χ4n) is 3.14. The molecule has 2 heterocycles. The van der Waals surface area contributed by atoms with E-state index < -0.39 is 0 Å². The van der Waals surface area contributed by atoms with Crippen LogP contribution in [-0.2, 0) is 6.42 Å². The topological polar surface area (TPSA) is 25.4 Å². The van der Waals surface area contributed by atoms with Gasteiger partial charge in [-0.3, -0.25) is 4.98 Å². The summed E-state index contributed by atoms with van der Waals surface area (Å²) in [6.45, 7) is 1.90. The van der Waals surface area contributed by atoms with E-state index in [0.717, 1.165) is 37.2 Å². The van der Waals surface area contributed by atoms with Crippen molar-refractivity contribution in [3.63, 3.8) is 0 Å². The minimum Gasteiger partial charge on any atom is -0.490 e. The summed E-state index contributed by atoms with van der Waals surface area (Å²) in [5.41, 5.74) is 2.30. The van der Waals surface area contributed by atoms with Crippen molar-refractivity contribution in [3.8, 4) is 17.6 Å². The highest BCUT2D eigenvalue weighted by Gasteiger charge is 2.21. The highest BCUT2D eigenvalue weighted by Crippen LogP contribution is 2.17. The number of hydrogen-bond acceptors (Lipinski definition) is 3. The predicted molar refractivity (Wildman–Crippen MR) is 102 cm³/mol. The van der Waals surface area contributed by atoms with Gasteiger partial charge in [-0.15, -0.1) is 0 Å². The molecule has 0 N–H and O–H groups in total. The number of benzene rings is 1. The lowest BCUT2D eigenvalue weighted by atomic mass is 10.1. The number of rotatable bonds is 6. The van der Waals surface area contributed by atoms with Crippen molar-refractivity contribution in [3.05, 3.63) is 59.9 Å². The van der Waals surface area contributed by atoms with E-state index in [2.05, 4.69) is 59.1 Å². The van der Waals surface area contributed by atoms with Crippen LogP contribution < -0.4 is 4.74 Å². The molecule has 3 rings (SSSR count). The van der Waals surface area contributed by atoms with E-state index in [1.54, 1.807) is 12.4 Å². The van der Waals surface area contributed by atoms with E-state index >= 15 is 0 Å². The third-order valence-corrected chi connectivity index (χ3v) is 4.67. The SMILES string of the molecule is CN1CCC[C@H]1COc1cncc(C#CCCCc2ccccc2)c1. The smallest absolute Gasteiger partial charge is 0.138 e. The maximum Gasteiger partial charge on any atom is 0.138 e. The van der Waals surface area contributed by atoms with Crippen LogP contribution in [0.25, 0.3) is 0 Å². The van der Waals surface area contributed by atoms with Crippen molar-refractivity contribution in [1.82, 2.24) is 9.88 Å². The molecule has 1 aliphatic heterocycles. The zero-order chi connectivity index (χ0) is 17.3. The Labute approximate surface area is 151 Å². The number of likely N-dealkylation sites (N-methyl/N-ethyl adjacent to an activating group) is 1. The molecule has 0 aliphatic carbocycles. The van der Waals surface area contributed by atoms with Crippen molar-refractivity contribution < 1.29 is 4.74 Å². The van der Waals surface area contributed by atoms with Crippen LogP contribution in [0.4, 0.5) is 0 Å².